The third-order valence-electron chi connectivity index (χ3n) is 2.87. The van der Waals surface area contributed by atoms with Crippen LogP contribution in [0.25, 0.3) is 11.3 Å². The van der Waals surface area contributed by atoms with Crippen molar-refractivity contribution in [2.75, 3.05) is 0 Å². The van der Waals surface area contributed by atoms with Crippen LogP contribution in [0.3, 0.4) is 0 Å². The highest BCUT2D eigenvalue weighted by Gasteiger charge is 2.30. The van der Waals surface area contributed by atoms with Crippen molar-refractivity contribution >= 4 is 5.65 Å². The summed E-state index contributed by atoms with van der Waals surface area (Å²) in [6.07, 6.45) is -2.85. The van der Waals surface area contributed by atoms with Gasteiger partial charge in [0.2, 0.25) is 0 Å². The highest BCUT2D eigenvalue weighted by molar-refractivity contribution is 5.40. The van der Waals surface area contributed by atoms with Crippen LogP contribution in [0, 0.1) is 0 Å². The van der Waals surface area contributed by atoms with Crippen LogP contribution in [-0.4, -0.2) is 14.2 Å². The Balaban J connectivity index is 2.12. The number of hydrogen-bond donors (Lipinski definition) is 0. The van der Waals surface area contributed by atoms with Crippen LogP contribution in [0.15, 0.2) is 53.5 Å². The molecule has 2 heterocycles. The van der Waals surface area contributed by atoms with Gasteiger partial charge in [-0.15, -0.1) is 5.10 Å². The van der Waals surface area contributed by atoms with Gasteiger partial charge in [-0.3, -0.25) is 0 Å². The molecule has 4 nitrogen and oxygen atoms in total. The number of hydrogen-bond acceptors (Lipinski definition) is 2. The highest BCUT2D eigenvalue weighted by Crippen LogP contribution is 2.29. The van der Waals surface area contributed by atoms with Gasteiger partial charge in [-0.05, 0) is 36.4 Å². The summed E-state index contributed by atoms with van der Waals surface area (Å²) in [6, 6.07) is 9.32. The van der Waals surface area contributed by atoms with E-state index in [9.17, 15) is 18.0 Å². The number of rotatable bonds is 1. The summed E-state index contributed by atoms with van der Waals surface area (Å²) in [6.45, 7) is 0. The second-order valence-electron chi connectivity index (χ2n) is 4.17. The SMILES string of the molecule is O=c1n(-c2ccc(C(F)(F)F)cc2)nc2ccccn12. The van der Waals surface area contributed by atoms with Gasteiger partial charge in [0.05, 0.1) is 11.3 Å². The molecule has 0 radical (unpaired) electrons. The summed E-state index contributed by atoms with van der Waals surface area (Å²) in [5, 5.41) is 4.06. The first-order valence-corrected chi connectivity index (χ1v) is 5.71. The molecule has 0 aliphatic carbocycles. The van der Waals surface area contributed by atoms with Gasteiger partial charge in [0.1, 0.15) is 0 Å². The van der Waals surface area contributed by atoms with E-state index in [2.05, 4.69) is 5.10 Å². The predicted molar refractivity (Wildman–Crippen MR) is 65.8 cm³/mol. The lowest BCUT2D eigenvalue weighted by Crippen LogP contribution is -2.19. The number of nitrogens with zero attached hydrogens (tertiary/aromatic N) is 3. The molecule has 102 valence electrons. The molecule has 0 unspecified atom stereocenters. The molecule has 0 amide bonds. The summed E-state index contributed by atoms with van der Waals surface area (Å²) < 4.78 is 39.8. The zero-order valence-electron chi connectivity index (χ0n) is 10.0. The number of aromatic nitrogens is 3. The maximum Gasteiger partial charge on any atom is 0.416 e. The van der Waals surface area contributed by atoms with E-state index in [1.165, 1.54) is 16.5 Å². The van der Waals surface area contributed by atoms with Crippen molar-refractivity contribution in [3.8, 4) is 5.69 Å². The Morgan fingerprint density at radius 1 is 1.00 bits per heavy atom. The van der Waals surface area contributed by atoms with Gasteiger partial charge in [0.15, 0.2) is 5.65 Å². The Morgan fingerprint density at radius 3 is 2.30 bits per heavy atom. The summed E-state index contributed by atoms with van der Waals surface area (Å²) in [5.74, 6) is 0. The first-order chi connectivity index (χ1) is 9.47. The van der Waals surface area contributed by atoms with Crippen LogP contribution in [0.1, 0.15) is 5.56 Å². The van der Waals surface area contributed by atoms with Crippen LogP contribution in [-0.2, 0) is 6.18 Å². The van der Waals surface area contributed by atoms with E-state index in [0.29, 0.717) is 5.65 Å². The first kappa shape index (κ1) is 12.5. The predicted octanol–water partition coefficient (Wildman–Crippen LogP) is 2.50. The molecule has 3 rings (SSSR count). The fraction of sp³-hybridized carbons (Fsp3) is 0.0769. The van der Waals surface area contributed by atoms with Gasteiger partial charge >= 0.3 is 11.9 Å². The van der Waals surface area contributed by atoms with E-state index in [0.717, 1.165) is 16.8 Å². The van der Waals surface area contributed by atoms with Gasteiger partial charge < -0.3 is 0 Å². The molecule has 0 N–H and O–H groups in total. The third kappa shape index (κ3) is 1.97. The molecule has 0 aliphatic heterocycles. The third-order valence-corrected chi connectivity index (χ3v) is 2.87. The molecule has 0 bridgehead atoms. The average molecular weight is 279 g/mol. The van der Waals surface area contributed by atoms with Crippen molar-refractivity contribution in [2.24, 2.45) is 0 Å². The molecule has 0 saturated carbocycles. The molecule has 0 spiro atoms. The van der Waals surface area contributed by atoms with E-state index in [4.69, 9.17) is 0 Å². The van der Waals surface area contributed by atoms with Crippen LogP contribution >= 0.6 is 0 Å². The van der Waals surface area contributed by atoms with Crippen LogP contribution in [0.4, 0.5) is 13.2 Å². The smallest absolute Gasteiger partial charge is 0.250 e. The van der Waals surface area contributed by atoms with Gasteiger partial charge in [-0.2, -0.15) is 17.9 Å². The van der Waals surface area contributed by atoms with Gasteiger partial charge in [-0.25, -0.2) is 9.20 Å². The molecule has 0 aliphatic rings. The topological polar surface area (TPSA) is 39.3 Å². The van der Waals surface area contributed by atoms with E-state index >= 15 is 0 Å². The van der Waals surface area contributed by atoms with Crippen molar-refractivity contribution in [3.05, 3.63) is 64.7 Å². The zero-order chi connectivity index (χ0) is 14.3. The fourth-order valence-electron chi connectivity index (χ4n) is 1.88. The summed E-state index contributed by atoms with van der Waals surface area (Å²) >= 11 is 0. The van der Waals surface area contributed by atoms with Gasteiger partial charge in [-0.1, -0.05) is 6.07 Å². The van der Waals surface area contributed by atoms with E-state index in [1.54, 1.807) is 24.4 Å². The Hall–Kier alpha value is -2.57. The Bertz CT molecular complexity index is 815. The second-order valence-corrected chi connectivity index (χ2v) is 4.17. The van der Waals surface area contributed by atoms with Gasteiger partial charge in [0.25, 0.3) is 0 Å². The molecule has 2 aromatic heterocycles. The maximum absolute atomic E-state index is 12.5. The highest BCUT2D eigenvalue weighted by atomic mass is 19.4. The molecule has 20 heavy (non-hydrogen) atoms. The minimum absolute atomic E-state index is 0.284. The average Bonchev–Trinajstić information content (AvgIpc) is 2.76. The zero-order valence-corrected chi connectivity index (χ0v) is 10.0. The van der Waals surface area contributed by atoms with Crippen LogP contribution in [0.2, 0.25) is 0 Å². The fourth-order valence-corrected chi connectivity index (χ4v) is 1.88. The van der Waals surface area contributed by atoms with Crippen molar-refractivity contribution in [2.45, 2.75) is 6.18 Å². The normalized spacial score (nSPS) is 11.9. The molecule has 0 atom stereocenters. The number of alkyl halides is 3. The number of halogens is 3. The van der Waals surface area contributed by atoms with E-state index in [-0.39, 0.29) is 5.69 Å². The molecule has 3 aromatic rings. The number of pyridine rings is 1. The quantitative estimate of drug-likeness (QED) is 0.686. The monoisotopic (exact) mass is 279 g/mol. The van der Waals surface area contributed by atoms with Crippen molar-refractivity contribution in [1.29, 1.82) is 0 Å². The Labute approximate surface area is 110 Å². The largest absolute Gasteiger partial charge is 0.416 e. The first-order valence-electron chi connectivity index (χ1n) is 5.71. The standard InChI is InChI=1S/C13H8F3N3O/c14-13(15,16)9-4-6-10(7-5-9)19-12(20)18-8-2-1-3-11(18)17-19/h1-8H. The number of fused-ring (bicyclic) bond motifs is 1. The minimum atomic E-state index is -4.40. The molecule has 7 heteroatoms. The lowest BCUT2D eigenvalue weighted by molar-refractivity contribution is -0.137. The molecule has 1 aromatic carbocycles. The molecular formula is C13H8F3N3O. The number of benzene rings is 1. The molecular weight excluding hydrogens is 271 g/mol. The maximum atomic E-state index is 12.5. The minimum Gasteiger partial charge on any atom is -0.250 e. The second kappa shape index (κ2) is 4.22. The summed E-state index contributed by atoms with van der Waals surface area (Å²) in [7, 11) is 0. The van der Waals surface area contributed by atoms with Gasteiger partial charge in [0, 0.05) is 6.20 Å². The molecule has 0 saturated heterocycles. The van der Waals surface area contributed by atoms with E-state index < -0.39 is 17.4 Å². The summed E-state index contributed by atoms with van der Waals surface area (Å²) in [5.41, 5.74) is -0.484. The van der Waals surface area contributed by atoms with Crippen molar-refractivity contribution < 1.29 is 13.2 Å². The lowest BCUT2D eigenvalue weighted by Gasteiger charge is -2.06. The molecule has 0 fully saturated rings. The van der Waals surface area contributed by atoms with Crippen molar-refractivity contribution in [3.63, 3.8) is 0 Å². The van der Waals surface area contributed by atoms with Crippen LogP contribution < -0.4 is 5.69 Å². The Morgan fingerprint density at radius 2 is 1.70 bits per heavy atom. The Kier molecular flexibility index (Phi) is 2.63. The van der Waals surface area contributed by atoms with Crippen molar-refractivity contribution in [1.82, 2.24) is 14.2 Å². The van der Waals surface area contributed by atoms with Crippen LogP contribution in [0.5, 0.6) is 0 Å². The lowest BCUT2D eigenvalue weighted by atomic mass is 10.2. The summed E-state index contributed by atoms with van der Waals surface area (Å²) in [4.78, 5) is 12.1. The van der Waals surface area contributed by atoms with E-state index in [1.807, 2.05) is 0 Å².